The van der Waals surface area contributed by atoms with Gasteiger partial charge in [-0.15, -0.1) is 0 Å². The highest BCUT2D eigenvalue weighted by atomic mass is 16.2. The lowest BCUT2D eigenvalue weighted by Gasteiger charge is -2.34. The molecule has 0 heterocycles. The molecule has 32 heavy (non-hydrogen) atoms. The van der Waals surface area contributed by atoms with Gasteiger partial charge in [0.25, 0.3) is 0 Å². The minimum Gasteiger partial charge on any atom is -0.291 e. The molecule has 0 amide bonds. The van der Waals surface area contributed by atoms with E-state index in [1.54, 1.807) is 0 Å². The minimum absolute atomic E-state index is 0.224. The summed E-state index contributed by atoms with van der Waals surface area (Å²) in [6.07, 6.45) is 1.64. The molecule has 0 aliphatic carbocycles. The highest BCUT2D eigenvalue weighted by Crippen LogP contribution is 2.40. The lowest BCUT2D eigenvalue weighted by Crippen LogP contribution is -2.42. The van der Waals surface area contributed by atoms with E-state index in [1.165, 1.54) is 5.56 Å². The van der Waals surface area contributed by atoms with Crippen molar-refractivity contribution in [3.05, 3.63) is 144 Å². The van der Waals surface area contributed by atoms with E-state index in [0.29, 0.717) is 6.42 Å². The molecule has 158 valence electrons. The molecule has 4 aromatic rings. The van der Waals surface area contributed by atoms with Crippen molar-refractivity contribution in [2.24, 2.45) is 0 Å². The number of carbonyl (C=O) groups is 2. The van der Waals surface area contributed by atoms with Gasteiger partial charge in [0.2, 0.25) is 5.78 Å². The minimum atomic E-state index is -1.17. The molecule has 0 saturated carbocycles. The lowest BCUT2D eigenvalue weighted by molar-refractivity contribution is -0.138. The number of rotatable bonds is 9. The van der Waals surface area contributed by atoms with Crippen LogP contribution in [0.2, 0.25) is 0 Å². The number of benzene rings is 4. The van der Waals surface area contributed by atoms with Crippen LogP contribution >= 0.6 is 0 Å². The number of hydrogen-bond donors (Lipinski definition) is 0. The van der Waals surface area contributed by atoms with Gasteiger partial charge in [-0.2, -0.15) is 0 Å². The van der Waals surface area contributed by atoms with Crippen LogP contribution in [0.25, 0.3) is 0 Å². The Kier molecular flexibility index (Phi) is 6.72. The molecule has 0 unspecified atom stereocenters. The van der Waals surface area contributed by atoms with Crippen LogP contribution < -0.4 is 0 Å². The fraction of sp³-hybridized carbons (Fsp3) is 0.133. The van der Waals surface area contributed by atoms with Gasteiger partial charge < -0.3 is 0 Å². The summed E-state index contributed by atoms with van der Waals surface area (Å²) in [6.45, 7) is 0. The molecule has 0 aliphatic heterocycles. The summed E-state index contributed by atoms with van der Waals surface area (Å²) in [7, 11) is 0. The van der Waals surface area contributed by atoms with Crippen molar-refractivity contribution in [1.82, 2.24) is 0 Å². The zero-order valence-corrected chi connectivity index (χ0v) is 18.0. The zero-order valence-electron chi connectivity index (χ0n) is 18.0. The first-order valence-corrected chi connectivity index (χ1v) is 11.0. The fourth-order valence-corrected chi connectivity index (χ4v) is 4.38. The molecule has 2 nitrogen and oxygen atoms in total. The summed E-state index contributed by atoms with van der Waals surface area (Å²) in [5.41, 5.74) is 2.41. The Morgan fingerprint density at radius 2 is 0.906 bits per heavy atom. The van der Waals surface area contributed by atoms with Crippen LogP contribution in [0.15, 0.2) is 121 Å². The molecule has 0 N–H and O–H groups in total. The van der Waals surface area contributed by atoms with Gasteiger partial charge >= 0.3 is 0 Å². The first-order chi connectivity index (χ1) is 15.7. The van der Waals surface area contributed by atoms with Crippen LogP contribution in [-0.4, -0.2) is 11.6 Å². The van der Waals surface area contributed by atoms with Crippen molar-refractivity contribution < 1.29 is 9.59 Å². The van der Waals surface area contributed by atoms with Crippen molar-refractivity contribution in [3.8, 4) is 0 Å². The smallest absolute Gasteiger partial charge is 0.217 e. The number of hydrogen-bond acceptors (Lipinski definition) is 2. The second kappa shape index (κ2) is 10.0. The van der Waals surface area contributed by atoms with E-state index in [9.17, 15) is 9.59 Å². The molecule has 0 atom stereocenters. The summed E-state index contributed by atoms with van der Waals surface area (Å²) >= 11 is 0. The molecule has 4 aromatic carbocycles. The van der Waals surface area contributed by atoms with E-state index in [4.69, 9.17) is 0 Å². The predicted octanol–water partition coefficient (Wildman–Crippen LogP) is 6.18. The van der Waals surface area contributed by atoms with Gasteiger partial charge in [-0.3, -0.25) is 9.59 Å². The van der Waals surface area contributed by atoms with E-state index >= 15 is 0 Å². The fourth-order valence-electron chi connectivity index (χ4n) is 4.38. The van der Waals surface area contributed by atoms with E-state index in [2.05, 4.69) is 12.1 Å². The van der Waals surface area contributed by atoms with Gasteiger partial charge in [0.15, 0.2) is 5.78 Å². The largest absolute Gasteiger partial charge is 0.291 e. The Labute approximate surface area is 189 Å². The monoisotopic (exact) mass is 418 g/mol. The molecule has 0 spiro atoms. The maximum absolute atomic E-state index is 14.1. The van der Waals surface area contributed by atoms with Crippen LogP contribution in [0.3, 0.4) is 0 Å². The Bertz CT molecular complexity index is 1050. The summed E-state index contributed by atoms with van der Waals surface area (Å²) < 4.78 is 0. The van der Waals surface area contributed by atoms with Crippen LogP contribution in [0, 0.1) is 0 Å². The normalized spacial score (nSPS) is 11.1. The molecule has 2 heteroatoms. The van der Waals surface area contributed by atoms with Crippen molar-refractivity contribution in [1.29, 1.82) is 0 Å². The first-order valence-electron chi connectivity index (χ1n) is 11.0. The van der Waals surface area contributed by atoms with Crippen LogP contribution in [0.1, 0.15) is 35.1 Å². The summed E-state index contributed by atoms with van der Waals surface area (Å²) in [5.74, 6) is -0.716. The maximum atomic E-state index is 14.1. The topological polar surface area (TPSA) is 34.1 Å². The van der Waals surface area contributed by atoms with Gasteiger partial charge in [-0.05, 0) is 35.1 Å². The molecule has 0 aliphatic rings. The maximum Gasteiger partial charge on any atom is 0.217 e. The standard InChI is InChI=1S/C30H26O2/c31-28(23-13-16-24-14-5-1-6-15-24)29(32)30(25-17-7-2-8-18-25,26-19-9-3-10-20-26)27-21-11-4-12-22-27/h1-12,14-15,17-22H,13,16,23H2. The molecule has 0 radical (unpaired) electrons. The number of Topliss-reactive ketones (excluding diaryl/α,β-unsaturated/α-hetero) is 2. The third-order valence-corrected chi connectivity index (χ3v) is 5.93. The van der Waals surface area contributed by atoms with E-state index < -0.39 is 5.41 Å². The van der Waals surface area contributed by atoms with Gasteiger partial charge in [0, 0.05) is 6.42 Å². The molecular formula is C30H26O2. The Morgan fingerprint density at radius 3 is 1.31 bits per heavy atom. The Morgan fingerprint density at radius 1 is 0.531 bits per heavy atom. The van der Waals surface area contributed by atoms with Crippen molar-refractivity contribution >= 4 is 11.6 Å². The summed E-state index contributed by atoms with van der Waals surface area (Å²) in [5, 5.41) is 0. The average Bonchev–Trinajstić information content (AvgIpc) is 2.87. The molecule has 0 fully saturated rings. The van der Waals surface area contributed by atoms with Crippen molar-refractivity contribution in [2.75, 3.05) is 0 Å². The third-order valence-electron chi connectivity index (χ3n) is 5.93. The summed E-state index contributed by atoms with van der Waals surface area (Å²) in [4.78, 5) is 27.4. The van der Waals surface area contributed by atoms with Crippen LogP contribution in [-0.2, 0) is 21.4 Å². The predicted molar refractivity (Wildman–Crippen MR) is 129 cm³/mol. The van der Waals surface area contributed by atoms with Crippen molar-refractivity contribution in [2.45, 2.75) is 24.7 Å². The third kappa shape index (κ3) is 4.31. The molecule has 4 rings (SSSR count). The first kappa shape index (κ1) is 21.5. The Hall–Kier alpha value is -3.78. The van der Waals surface area contributed by atoms with Gasteiger partial charge in [0.05, 0.1) is 0 Å². The van der Waals surface area contributed by atoms with Gasteiger partial charge in [-0.25, -0.2) is 0 Å². The number of aryl methyl sites for hydroxylation is 1. The highest BCUT2D eigenvalue weighted by Gasteiger charge is 2.46. The molecule has 0 aromatic heterocycles. The SMILES string of the molecule is O=C(CCCc1ccccc1)C(=O)C(c1ccccc1)(c1ccccc1)c1ccccc1. The van der Waals surface area contributed by atoms with Gasteiger partial charge in [0.1, 0.15) is 5.41 Å². The molecule has 0 saturated heterocycles. The highest BCUT2D eigenvalue weighted by molar-refractivity contribution is 6.42. The lowest BCUT2D eigenvalue weighted by atomic mass is 9.65. The molecular weight excluding hydrogens is 392 g/mol. The summed E-state index contributed by atoms with van der Waals surface area (Å²) in [6, 6.07) is 39.0. The average molecular weight is 419 g/mol. The van der Waals surface area contributed by atoms with E-state index in [1.807, 2.05) is 109 Å². The van der Waals surface area contributed by atoms with Crippen molar-refractivity contribution in [3.63, 3.8) is 0 Å². The van der Waals surface area contributed by atoms with Crippen LogP contribution in [0.5, 0.6) is 0 Å². The van der Waals surface area contributed by atoms with E-state index in [0.717, 1.165) is 23.1 Å². The second-order valence-electron chi connectivity index (χ2n) is 7.94. The number of carbonyl (C=O) groups excluding carboxylic acids is 2. The Balaban J connectivity index is 1.75. The zero-order chi connectivity index (χ0) is 22.2. The quantitative estimate of drug-likeness (QED) is 0.240. The molecule has 0 bridgehead atoms. The van der Waals surface area contributed by atoms with Crippen LogP contribution in [0.4, 0.5) is 0 Å². The number of ketones is 2. The van der Waals surface area contributed by atoms with Gasteiger partial charge in [-0.1, -0.05) is 121 Å². The van der Waals surface area contributed by atoms with E-state index in [-0.39, 0.29) is 18.0 Å². The second-order valence-corrected chi connectivity index (χ2v) is 7.94.